The van der Waals surface area contributed by atoms with E-state index in [4.69, 9.17) is 5.26 Å². The molecule has 0 aromatic heterocycles. The second kappa shape index (κ2) is 8.23. The van der Waals surface area contributed by atoms with Crippen molar-refractivity contribution >= 4 is 12.0 Å². The lowest BCUT2D eigenvalue weighted by Gasteiger charge is -2.29. The first-order valence-electron chi connectivity index (χ1n) is 7.16. The van der Waals surface area contributed by atoms with Gasteiger partial charge in [-0.25, -0.2) is 0 Å². The Morgan fingerprint density at radius 2 is 2.14 bits per heavy atom. The molecule has 0 bridgehead atoms. The molecule has 0 atom stereocenters. The number of carbonyl (C=O) groups excluding carboxylic acids is 1. The SMILES string of the molecule is CCC(CC)(CO)CNC(=O)/C=C/c1cccc(C#N)c1. The average Bonchev–Trinajstić information content (AvgIpc) is 2.55. The Balaban J connectivity index is 2.61. The smallest absolute Gasteiger partial charge is 0.244 e. The van der Waals surface area contributed by atoms with Gasteiger partial charge in [0, 0.05) is 18.0 Å². The summed E-state index contributed by atoms with van der Waals surface area (Å²) in [4.78, 5) is 11.8. The summed E-state index contributed by atoms with van der Waals surface area (Å²) in [6, 6.07) is 9.11. The topological polar surface area (TPSA) is 73.1 Å². The molecule has 0 aliphatic heterocycles. The monoisotopic (exact) mass is 286 g/mol. The summed E-state index contributed by atoms with van der Waals surface area (Å²) in [5, 5.41) is 21.1. The van der Waals surface area contributed by atoms with Gasteiger partial charge in [0.25, 0.3) is 0 Å². The molecule has 0 saturated heterocycles. The van der Waals surface area contributed by atoms with Gasteiger partial charge in [-0.1, -0.05) is 26.0 Å². The molecule has 4 heteroatoms. The van der Waals surface area contributed by atoms with Crippen molar-refractivity contribution in [2.24, 2.45) is 5.41 Å². The van der Waals surface area contributed by atoms with E-state index in [0.717, 1.165) is 18.4 Å². The van der Waals surface area contributed by atoms with E-state index in [2.05, 4.69) is 11.4 Å². The van der Waals surface area contributed by atoms with E-state index in [1.54, 1.807) is 24.3 Å². The minimum absolute atomic E-state index is 0.0637. The quantitative estimate of drug-likeness (QED) is 0.756. The standard InChI is InChI=1S/C17H22N2O2/c1-3-17(4-2,13-20)12-19-16(21)9-8-14-6-5-7-15(10-14)11-18/h5-10,20H,3-4,12-13H2,1-2H3,(H,19,21)/b9-8+. The van der Waals surface area contributed by atoms with Crippen molar-refractivity contribution in [2.45, 2.75) is 26.7 Å². The molecule has 2 N–H and O–H groups in total. The van der Waals surface area contributed by atoms with Crippen LogP contribution >= 0.6 is 0 Å². The summed E-state index contributed by atoms with van der Waals surface area (Å²) < 4.78 is 0. The molecule has 0 aliphatic rings. The highest BCUT2D eigenvalue weighted by Gasteiger charge is 2.25. The zero-order valence-electron chi connectivity index (χ0n) is 12.6. The van der Waals surface area contributed by atoms with Crippen molar-refractivity contribution < 1.29 is 9.90 Å². The fourth-order valence-electron chi connectivity index (χ4n) is 2.00. The molecule has 0 spiro atoms. The first kappa shape index (κ1) is 16.9. The third-order valence-corrected chi connectivity index (χ3v) is 3.92. The number of amides is 1. The van der Waals surface area contributed by atoms with E-state index in [9.17, 15) is 9.90 Å². The van der Waals surface area contributed by atoms with Crippen LogP contribution in [0.5, 0.6) is 0 Å². The van der Waals surface area contributed by atoms with Crippen LogP contribution in [0.15, 0.2) is 30.3 Å². The Morgan fingerprint density at radius 3 is 2.71 bits per heavy atom. The summed E-state index contributed by atoms with van der Waals surface area (Å²) in [7, 11) is 0. The second-order valence-electron chi connectivity index (χ2n) is 5.15. The molecule has 0 heterocycles. The van der Waals surface area contributed by atoms with Crippen LogP contribution in [0.1, 0.15) is 37.8 Å². The Kier molecular flexibility index (Phi) is 6.64. The molecule has 1 aromatic carbocycles. The van der Waals surface area contributed by atoms with Gasteiger partial charge in [0.1, 0.15) is 0 Å². The molecule has 1 aromatic rings. The average molecular weight is 286 g/mol. The lowest BCUT2D eigenvalue weighted by Crippen LogP contribution is -2.38. The number of benzene rings is 1. The largest absolute Gasteiger partial charge is 0.396 e. The number of nitriles is 1. The van der Waals surface area contributed by atoms with Crippen molar-refractivity contribution in [3.05, 3.63) is 41.5 Å². The molecule has 112 valence electrons. The van der Waals surface area contributed by atoms with E-state index < -0.39 is 0 Å². The van der Waals surface area contributed by atoms with Gasteiger partial charge in [-0.2, -0.15) is 5.26 Å². The number of aliphatic hydroxyl groups excluding tert-OH is 1. The summed E-state index contributed by atoms with van der Waals surface area (Å²) in [6.45, 7) is 4.54. The summed E-state index contributed by atoms with van der Waals surface area (Å²) >= 11 is 0. The van der Waals surface area contributed by atoms with Gasteiger partial charge in [-0.3, -0.25) is 4.79 Å². The van der Waals surface area contributed by atoms with Gasteiger partial charge < -0.3 is 10.4 Å². The van der Waals surface area contributed by atoms with Crippen molar-refractivity contribution in [3.63, 3.8) is 0 Å². The first-order chi connectivity index (χ1) is 10.1. The van der Waals surface area contributed by atoms with Crippen LogP contribution in [-0.4, -0.2) is 24.2 Å². The van der Waals surface area contributed by atoms with Gasteiger partial charge in [0.2, 0.25) is 5.91 Å². The fraction of sp³-hybridized carbons (Fsp3) is 0.412. The number of nitrogens with zero attached hydrogens (tertiary/aromatic N) is 1. The third-order valence-electron chi connectivity index (χ3n) is 3.92. The van der Waals surface area contributed by atoms with Crippen LogP contribution in [0.25, 0.3) is 6.08 Å². The molecule has 0 fully saturated rings. The number of aliphatic hydroxyl groups is 1. The summed E-state index contributed by atoms with van der Waals surface area (Å²) in [5.74, 6) is -0.197. The Hall–Kier alpha value is -2.12. The van der Waals surface area contributed by atoms with E-state index in [0.29, 0.717) is 12.1 Å². The maximum atomic E-state index is 11.8. The van der Waals surface area contributed by atoms with Crippen LogP contribution in [-0.2, 0) is 4.79 Å². The number of hydrogen-bond donors (Lipinski definition) is 2. The van der Waals surface area contributed by atoms with E-state index in [1.165, 1.54) is 6.08 Å². The van der Waals surface area contributed by atoms with Crippen LogP contribution in [0.2, 0.25) is 0 Å². The zero-order valence-corrected chi connectivity index (χ0v) is 12.6. The fourth-order valence-corrected chi connectivity index (χ4v) is 2.00. The highest BCUT2D eigenvalue weighted by atomic mass is 16.3. The van der Waals surface area contributed by atoms with Crippen molar-refractivity contribution in [2.75, 3.05) is 13.2 Å². The van der Waals surface area contributed by atoms with Crippen molar-refractivity contribution in [1.82, 2.24) is 5.32 Å². The lowest BCUT2D eigenvalue weighted by molar-refractivity contribution is -0.117. The maximum absolute atomic E-state index is 11.8. The van der Waals surface area contributed by atoms with Gasteiger partial charge in [0.15, 0.2) is 0 Å². The first-order valence-corrected chi connectivity index (χ1v) is 7.16. The normalized spacial score (nSPS) is 11.3. The molecule has 4 nitrogen and oxygen atoms in total. The van der Waals surface area contributed by atoms with Gasteiger partial charge in [-0.05, 0) is 36.6 Å². The van der Waals surface area contributed by atoms with Crippen LogP contribution in [0.3, 0.4) is 0 Å². The summed E-state index contributed by atoms with van der Waals surface area (Å²) in [6.07, 6.45) is 4.75. The van der Waals surface area contributed by atoms with E-state index >= 15 is 0 Å². The molecular formula is C17H22N2O2. The van der Waals surface area contributed by atoms with Crippen LogP contribution in [0, 0.1) is 16.7 Å². The number of hydrogen-bond acceptors (Lipinski definition) is 3. The van der Waals surface area contributed by atoms with Gasteiger partial charge in [0.05, 0.1) is 18.2 Å². The van der Waals surface area contributed by atoms with Crippen molar-refractivity contribution in [3.8, 4) is 6.07 Å². The highest BCUT2D eigenvalue weighted by molar-refractivity contribution is 5.91. The maximum Gasteiger partial charge on any atom is 0.244 e. The number of rotatable bonds is 7. The Bertz CT molecular complexity index is 532. The Morgan fingerprint density at radius 1 is 1.43 bits per heavy atom. The zero-order chi connectivity index (χ0) is 15.7. The van der Waals surface area contributed by atoms with Gasteiger partial charge in [-0.15, -0.1) is 0 Å². The minimum Gasteiger partial charge on any atom is -0.396 e. The molecule has 1 rings (SSSR count). The predicted octanol–water partition coefficient (Wildman–Crippen LogP) is 2.49. The van der Waals surface area contributed by atoms with Crippen LogP contribution < -0.4 is 5.32 Å². The molecule has 1 amide bonds. The molecular weight excluding hydrogens is 264 g/mol. The molecule has 0 saturated carbocycles. The molecule has 21 heavy (non-hydrogen) atoms. The third kappa shape index (κ3) is 5.05. The van der Waals surface area contributed by atoms with Gasteiger partial charge >= 0.3 is 0 Å². The highest BCUT2D eigenvalue weighted by Crippen LogP contribution is 2.24. The van der Waals surface area contributed by atoms with E-state index in [1.807, 2.05) is 19.9 Å². The molecule has 0 unspecified atom stereocenters. The number of nitrogens with one attached hydrogen (secondary N) is 1. The lowest BCUT2D eigenvalue weighted by atomic mass is 9.83. The van der Waals surface area contributed by atoms with E-state index in [-0.39, 0.29) is 17.9 Å². The van der Waals surface area contributed by atoms with Crippen LogP contribution in [0.4, 0.5) is 0 Å². The predicted molar refractivity (Wildman–Crippen MR) is 83.3 cm³/mol. The second-order valence-corrected chi connectivity index (χ2v) is 5.15. The van der Waals surface area contributed by atoms with Crippen molar-refractivity contribution in [1.29, 1.82) is 5.26 Å². The molecule has 0 aliphatic carbocycles. The Labute approximate surface area is 126 Å². The number of carbonyl (C=O) groups is 1. The molecule has 0 radical (unpaired) electrons. The minimum atomic E-state index is -0.246. The summed E-state index contributed by atoms with van der Waals surface area (Å²) in [5.41, 5.74) is 1.13.